The van der Waals surface area contributed by atoms with Crippen molar-refractivity contribution in [3.05, 3.63) is 0 Å². The standard InChI is InChI=1S/C16H31N3O2S/c1-13-4-8-18(9-5-13)22(20,21)19-10-6-14(7-11-19)15-16(2,3)12-17-15/h13-15,17H,4-12H2,1-3H3. The van der Waals surface area contributed by atoms with Crippen LogP contribution in [0.3, 0.4) is 0 Å². The van der Waals surface area contributed by atoms with Crippen molar-refractivity contribution in [2.24, 2.45) is 17.3 Å². The van der Waals surface area contributed by atoms with Crippen molar-refractivity contribution in [3.8, 4) is 0 Å². The predicted molar refractivity (Wildman–Crippen MR) is 88.8 cm³/mol. The van der Waals surface area contributed by atoms with Crippen LogP contribution in [-0.4, -0.2) is 55.8 Å². The second-order valence-electron chi connectivity index (χ2n) is 8.17. The number of hydrogen-bond donors (Lipinski definition) is 1. The molecule has 3 rings (SSSR count). The fourth-order valence-corrected chi connectivity index (χ4v) is 5.92. The highest BCUT2D eigenvalue weighted by Gasteiger charge is 2.45. The van der Waals surface area contributed by atoms with Crippen molar-refractivity contribution in [2.75, 3.05) is 32.7 Å². The molecule has 3 heterocycles. The quantitative estimate of drug-likeness (QED) is 0.857. The largest absolute Gasteiger partial charge is 0.313 e. The van der Waals surface area contributed by atoms with E-state index in [1.54, 1.807) is 8.61 Å². The molecule has 3 aliphatic rings. The third-order valence-electron chi connectivity index (χ3n) is 5.98. The average molecular weight is 330 g/mol. The summed E-state index contributed by atoms with van der Waals surface area (Å²) in [6.07, 6.45) is 3.97. The van der Waals surface area contributed by atoms with Crippen LogP contribution in [0, 0.1) is 17.3 Å². The molecule has 5 nitrogen and oxygen atoms in total. The summed E-state index contributed by atoms with van der Waals surface area (Å²) in [6.45, 7) is 10.7. The van der Waals surface area contributed by atoms with E-state index in [2.05, 4.69) is 26.1 Å². The van der Waals surface area contributed by atoms with E-state index in [0.717, 1.165) is 32.2 Å². The normalized spacial score (nSPS) is 32.8. The zero-order chi connectivity index (χ0) is 16.0. The minimum absolute atomic E-state index is 0.370. The molecule has 3 aliphatic heterocycles. The van der Waals surface area contributed by atoms with Crippen molar-refractivity contribution < 1.29 is 8.42 Å². The molecule has 6 heteroatoms. The van der Waals surface area contributed by atoms with E-state index in [9.17, 15) is 8.42 Å². The van der Waals surface area contributed by atoms with Crippen LogP contribution >= 0.6 is 0 Å². The van der Waals surface area contributed by atoms with Crippen LogP contribution in [0.4, 0.5) is 0 Å². The molecule has 0 saturated carbocycles. The minimum atomic E-state index is -3.23. The second-order valence-corrected chi connectivity index (χ2v) is 10.1. The van der Waals surface area contributed by atoms with Gasteiger partial charge in [0.05, 0.1) is 0 Å². The van der Waals surface area contributed by atoms with Gasteiger partial charge >= 0.3 is 0 Å². The Morgan fingerprint density at radius 1 is 0.955 bits per heavy atom. The molecule has 3 saturated heterocycles. The Bertz CT molecular complexity index is 490. The van der Waals surface area contributed by atoms with Gasteiger partial charge in [0.25, 0.3) is 10.2 Å². The molecule has 0 radical (unpaired) electrons. The number of nitrogens with one attached hydrogen (secondary N) is 1. The lowest BCUT2D eigenvalue weighted by molar-refractivity contribution is 0.0509. The molecular weight excluding hydrogens is 298 g/mol. The molecule has 0 bridgehead atoms. The molecule has 0 aromatic heterocycles. The van der Waals surface area contributed by atoms with Crippen molar-refractivity contribution in [2.45, 2.75) is 52.5 Å². The molecule has 0 aromatic carbocycles. The zero-order valence-electron chi connectivity index (χ0n) is 14.2. The highest BCUT2D eigenvalue weighted by Crippen LogP contribution is 2.38. The summed E-state index contributed by atoms with van der Waals surface area (Å²) in [5.74, 6) is 1.28. The molecule has 0 amide bonds. The van der Waals surface area contributed by atoms with Crippen molar-refractivity contribution in [1.82, 2.24) is 13.9 Å². The van der Waals surface area contributed by atoms with Crippen LogP contribution in [0.15, 0.2) is 0 Å². The number of rotatable bonds is 3. The van der Waals surface area contributed by atoms with Gasteiger partial charge in [-0.05, 0) is 42.9 Å². The van der Waals surface area contributed by atoms with Gasteiger partial charge in [-0.3, -0.25) is 0 Å². The zero-order valence-corrected chi connectivity index (χ0v) is 15.0. The smallest absolute Gasteiger partial charge is 0.281 e. The van der Waals surface area contributed by atoms with Gasteiger partial charge in [0.1, 0.15) is 0 Å². The molecule has 0 spiro atoms. The van der Waals surface area contributed by atoms with Crippen LogP contribution in [0.5, 0.6) is 0 Å². The van der Waals surface area contributed by atoms with E-state index >= 15 is 0 Å². The maximum atomic E-state index is 12.8. The van der Waals surface area contributed by atoms with Crippen LogP contribution in [-0.2, 0) is 10.2 Å². The first-order valence-corrected chi connectivity index (χ1v) is 10.2. The lowest BCUT2D eigenvalue weighted by atomic mass is 9.69. The Balaban J connectivity index is 1.56. The van der Waals surface area contributed by atoms with Crippen LogP contribution < -0.4 is 5.32 Å². The summed E-state index contributed by atoms with van der Waals surface area (Å²) in [5.41, 5.74) is 0.370. The third kappa shape index (κ3) is 3.07. The fourth-order valence-electron chi connectivity index (χ4n) is 4.25. The third-order valence-corrected chi connectivity index (χ3v) is 8.02. The Morgan fingerprint density at radius 3 is 1.86 bits per heavy atom. The molecule has 1 atom stereocenters. The molecule has 3 fully saturated rings. The van der Waals surface area contributed by atoms with E-state index in [4.69, 9.17) is 0 Å². The Labute approximate surface area is 135 Å². The fraction of sp³-hybridized carbons (Fsp3) is 1.00. The number of piperidine rings is 2. The average Bonchev–Trinajstić information content (AvgIpc) is 2.47. The highest BCUT2D eigenvalue weighted by molar-refractivity contribution is 7.86. The summed E-state index contributed by atoms with van der Waals surface area (Å²) in [7, 11) is -3.23. The van der Waals surface area contributed by atoms with Crippen molar-refractivity contribution in [3.63, 3.8) is 0 Å². The van der Waals surface area contributed by atoms with E-state index in [-0.39, 0.29) is 0 Å². The number of nitrogens with zero attached hydrogens (tertiary/aromatic N) is 2. The summed E-state index contributed by atoms with van der Waals surface area (Å²) >= 11 is 0. The van der Waals surface area contributed by atoms with E-state index in [0.29, 0.717) is 49.5 Å². The molecule has 1 N–H and O–H groups in total. The monoisotopic (exact) mass is 329 g/mol. The van der Waals surface area contributed by atoms with Crippen LogP contribution in [0.25, 0.3) is 0 Å². The SMILES string of the molecule is CC1CCN(S(=O)(=O)N2CCC(C3NCC3(C)C)CC2)CC1. The van der Waals surface area contributed by atoms with Gasteiger partial charge in [-0.25, -0.2) is 0 Å². The maximum absolute atomic E-state index is 12.8. The van der Waals surface area contributed by atoms with E-state index in [1.807, 2.05) is 0 Å². The van der Waals surface area contributed by atoms with Gasteiger partial charge in [-0.2, -0.15) is 17.0 Å². The summed E-state index contributed by atoms with van der Waals surface area (Å²) in [4.78, 5) is 0. The Hall–Kier alpha value is -0.170. The first kappa shape index (κ1) is 16.7. The molecule has 0 aliphatic carbocycles. The lowest BCUT2D eigenvalue weighted by Crippen LogP contribution is -2.64. The summed E-state index contributed by atoms with van der Waals surface area (Å²) in [5, 5.41) is 3.55. The lowest BCUT2D eigenvalue weighted by Gasteiger charge is -2.51. The van der Waals surface area contributed by atoms with Gasteiger partial charge in [-0.1, -0.05) is 20.8 Å². The van der Waals surface area contributed by atoms with Crippen molar-refractivity contribution in [1.29, 1.82) is 0 Å². The van der Waals surface area contributed by atoms with Crippen LogP contribution in [0.1, 0.15) is 46.5 Å². The van der Waals surface area contributed by atoms with Crippen LogP contribution in [0.2, 0.25) is 0 Å². The van der Waals surface area contributed by atoms with Gasteiger partial charge in [0.15, 0.2) is 0 Å². The Kier molecular flexibility index (Phi) is 4.58. The van der Waals surface area contributed by atoms with Gasteiger partial charge in [-0.15, -0.1) is 0 Å². The van der Waals surface area contributed by atoms with E-state index in [1.165, 1.54) is 0 Å². The molecule has 128 valence electrons. The minimum Gasteiger partial charge on any atom is -0.313 e. The topological polar surface area (TPSA) is 52.7 Å². The summed E-state index contributed by atoms with van der Waals surface area (Å²) in [6, 6.07) is 0.563. The van der Waals surface area contributed by atoms with Gasteiger partial charge < -0.3 is 5.32 Å². The summed E-state index contributed by atoms with van der Waals surface area (Å²) < 4.78 is 29.0. The van der Waals surface area contributed by atoms with Gasteiger partial charge in [0, 0.05) is 38.8 Å². The van der Waals surface area contributed by atoms with Crippen molar-refractivity contribution >= 4 is 10.2 Å². The maximum Gasteiger partial charge on any atom is 0.281 e. The molecule has 0 aromatic rings. The first-order chi connectivity index (χ1) is 10.3. The van der Waals surface area contributed by atoms with E-state index < -0.39 is 10.2 Å². The first-order valence-electron chi connectivity index (χ1n) is 8.79. The highest BCUT2D eigenvalue weighted by atomic mass is 32.2. The molecule has 22 heavy (non-hydrogen) atoms. The van der Waals surface area contributed by atoms with Gasteiger partial charge in [0.2, 0.25) is 0 Å². The Morgan fingerprint density at radius 2 is 1.45 bits per heavy atom. The molecule has 1 unspecified atom stereocenters. The predicted octanol–water partition coefficient (Wildman–Crippen LogP) is 1.67. The molecular formula is C16H31N3O2S. The second kappa shape index (κ2) is 6.04. The number of hydrogen-bond acceptors (Lipinski definition) is 3.